The summed E-state index contributed by atoms with van der Waals surface area (Å²) in [5.74, 6) is 0.0985. The van der Waals surface area contributed by atoms with E-state index in [9.17, 15) is 10.0 Å². The van der Waals surface area contributed by atoms with Gasteiger partial charge in [-0.3, -0.25) is 4.79 Å². The van der Waals surface area contributed by atoms with Crippen molar-refractivity contribution in [2.75, 3.05) is 0 Å². The van der Waals surface area contributed by atoms with E-state index in [1.165, 1.54) is 5.06 Å². The summed E-state index contributed by atoms with van der Waals surface area (Å²) in [6, 6.07) is 0. The predicted molar refractivity (Wildman–Crippen MR) is 70.9 cm³/mol. The van der Waals surface area contributed by atoms with Crippen molar-refractivity contribution in [2.24, 2.45) is 5.92 Å². The SMILES string of the molecule is CC1(C)CC(OC(=O)C2CC2)CC(C)(C)N1O.Cl. The molecule has 18 heavy (non-hydrogen) atoms. The predicted octanol–water partition coefficient (Wildman–Crippen LogP) is 2.77. The van der Waals surface area contributed by atoms with E-state index in [1.54, 1.807) is 0 Å². The molecule has 1 N–H and O–H groups in total. The van der Waals surface area contributed by atoms with Crippen LogP contribution in [0.3, 0.4) is 0 Å². The van der Waals surface area contributed by atoms with Gasteiger partial charge in [0.05, 0.1) is 5.92 Å². The number of piperidine rings is 1. The van der Waals surface area contributed by atoms with E-state index >= 15 is 0 Å². The number of hydrogen-bond donors (Lipinski definition) is 1. The molecule has 106 valence electrons. The van der Waals surface area contributed by atoms with Crippen molar-refractivity contribution in [3.05, 3.63) is 0 Å². The summed E-state index contributed by atoms with van der Waals surface area (Å²) in [5.41, 5.74) is -0.702. The fourth-order valence-corrected chi connectivity index (χ4v) is 2.84. The van der Waals surface area contributed by atoms with Crippen LogP contribution in [0.2, 0.25) is 0 Å². The minimum atomic E-state index is -0.351. The van der Waals surface area contributed by atoms with Crippen LogP contribution in [0.25, 0.3) is 0 Å². The van der Waals surface area contributed by atoms with E-state index < -0.39 is 0 Å². The van der Waals surface area contributed by atoms with Crippen LogP contribution in [0.15, 0.2) is 0 Å². The highest BCUT2D eigenvalue weighted by molar-refractivity contribution is 5.85. The molecule has 0 unspecified atom stereocenters. The lowest BCUT2D eigenvalue weighted by atomic mass is 9.80. The number of esters is 1. The lowest BCUT2D eigenvalue weighted by molar-refractivity contribution is -0.259. The fourth-order valence-electron chi connectivity index (χ4n) is 2.84. The molecular weight excluding hydrogens is 254 g/mol. The molecule has 2 fully saturated rings. The van der Waals surface area contributed by atoms with Gasteiger partial charge in [0, 0.05) is 23.9 Å². The van der Waals surface area contributed by atoms with Crippen LogP contribution in [0, 0.1) is 5.92 Å². The van der Waals surface area contributed by atoms with Gasteiger partial charge in [0.2, 0.25) is 0 Å². The van der Waals surface area contributed by atoms with Gasteiger partial charge < -0.3 is 9.94 Å². The highest BCUT2D eigenvalue weighted by Gasteiger charge is 2.47. The largest absolute Gasteiger partial charge is 0.462 e. The van der Waals surface area contributed by atoms with E-state index in [2.05, 4.69) is 0 Å². The summed E-state index contributed by atoms with van der Waals surface area (Å²) < 4.78 is 5.56. The molecular formula is C13H24ClNO3. The van der Waals surface area contributed by atoms with E-state index in [4.69, 9.17) is 4.74 Å². The minimum Gasteiger partial charge on any atom is -0.462 e. The zero-order chi connectivity index (χ0) is 12.8. The van der Waals surface area contributed by atoms with Gasteiger partial charge in [-0.15, -0.1) is 12.4 Å². The zero-order valence-electron chi connectivity index (χ0n) is 11.6. The maximum Gasteiger partial charge on any atom is 0.309 e. The van der Waals surface area contributed by atoms with Gasteiger partial charge in [-0.2, -0.15) is 5.06 Å². The summed E-state index contributed by atoms with van der Waals surface area (Å²) >= 11 is 0. The number of ether oxygens (including phenoxy) is 1. The molecule has 1 saturated carbocycles. The number of hydrogen-bond acceptors (Lipinski definition) is 4. The Hall–Kier alpha value is -0.320. The lowest BCUT2D eigenvalue weighted by Gasteiger charge is -2.50. The molecule has 1 saturated heterocycles. The first-order chi connectivity index (χ1) is 7.72. The number of nitrogens with zero attached hydrogens (tertiary/aromatic N) is 1. The molecule has 4 nitrogen and oxygen atoms in total. The summed E-state index contributed by atoms with van der Waals surface area (Å²) in [6.07, 6.45) is 3.25. The van der Waals surface area contributed by atoms with Gasteiger partial charge in [-0.1, -0.05) is 0 Å². The quantitative estimate of drug-likeness (QED) is 0.789. The third-order valence-electron chi connectivity index (χ3n) is 3.79. The van der Waals surface area contributed by atoms with Gasteiger partial charge in [0.15, 0.2) is 0 Å². The average Bonchev–Trinajstić information content (AvgIpc) is 2.95. The topological polar surface area (TPSA) is 49.8 Å². The molecule has 1 aliphatic carbocycles. The first-order valence-corrected chi connectivity index (χ1v) is 6.42. The second kappa shape index (κ2) is 4.99. The molecule has 0 aromatic heterocycles. The van der Waals surface area contributed by atoms with Crippen molar-refractivity contribution in [1.29, 1.82) is 0 Å². The molecule has 0 atom stereocenters. The molecule has 2 aliphatic rings. The van der Waals surface area contributed by atoms with Crippen molar-refractivity contribution in [3.8, 4) is 0 Å². The Kier molecular flexibility index (Phi) is 4.36. The van der Waals surface area contributed by atoms with Gasteiger partial charge in [0.1, 0.15) is 6.10 Å². The highest BCUT2D eigenvalue weighted by atomic mass is 35.5. The molecule has 2 rings (SSSR count). The molecule has 0 amide bonds. The Labute approximate surface area is 115 Å². The van der Waals surface area contributed by atoms with Gasteiger partial charge in [0.25, 0.3) is 0 Å². The van der Waals surface area contributed by atoms with E-state index in [-0.39, 0.29) is 41.5 Å². The molecule has 1 aliphatic heterocycles. The number of carbonyl (C=O) groups excluding carboxylic acids is 1. The number of halogens is 1. The molecule has 0 aromatic carbocycles. The van der Waals surface area contributed by atoms with Crippen molar-refractivity contribution in [2.45, 2.75) is 70.6 Å². The molecule has 0 spiro atoms. The van der Waals surface area contributed by atoms with Crippen LogP contribution in [-0.2, 0) is 9.53 Å². The number of carbonyl (C=O) groups is 1. The molecule has 5 heteroatoms. The van der Waals surface area contributed by atoms with E-state index in [0.717, 1.165) is 12.8 Å². The van der Waals surface area contributed by atoms with Gasteiger partial charge in [-0.05, 0) is 40.5 Å². The van der Waals surface area contributed by atoms with Crippen LogP contribution < -0.4 is 0 Å². The number of hydroxylamine groups is 2. The Morgan fingerprint density at radius 3 is 2.00 bits per heavy atom. The first-order valence-electron chi connectivity index (χ1n) is 6.42. The third-order valence-corrected chi connectivity index (χ3v) is 3.79. The molecule has 0 bridgehead atoms. The van der Waals surface area contributed by atoms with Crippen LogP contribution >= 0.6 is 12.4 Å². The number of rotatable bonds is 2. The van der Waals surface area contributed by atoms with Crippen LogP contribution in [0.5, 0.6) is 0 Å². The van der Waals surface area contributed by atoms with Crippen LogP contribution in [0.1, 0.15) is 53.4 Å². The van der Waals surface area contributed by atoms with Crippen molar-refractivity contribution >= 4 is 18.4 Å². The smallest absolute Gasteiger partial charge is 0.309 e. The summed E-state index contributed by atoms with van der Waals surface area (Å²) in [4.78, 5) is 11.7. The van der Waals surface area contributed by atoms with Gasteiger partial charge in [-0.25, -0.2) is 0 Å². The van der Waals surface area contributed by atoms with Crippen LogP contribution in [-0.4, -0.2) is 33.4 Å². The zero-order valence-corrected chi connectivity index (χ0v) is 12.4. The highest BCUT2D eigenvalue weighted by Crippen LogP contribution is 2.39. The third kappa shape index (κ3) is 3.16. The standard InChI is InChI=1S/C13H23NO3.ClH/c1-12(2)7-10(8-13(3,4)14(12)16)17-11(15)9-5-6-9;/h9-10,16H,5-8H2,1-4H3;1H. The maximum absolute atomic E-state index is 11.7. The summed E-state index contributed by atoms with van der Waals surface area (Å²) in [6.45, 7) is 7.91. The Balaban J connectivity index is 0.00000162. The van der Waals surface area contributed by atoms with Crippen molar-refractivity contribution in [1.82, 2.24) is 5.06 Å². The van der Waals surface area contributed by atoms with E-state index in [0.29, 0.717) is 12.8 Å². The van der Waals surface area contributed by atoms with Crippen molar-refractivity contribution < 1.29 is 14.7 Å². The maximum atomic E-state index is 11.7. The monoisotopic (exact) mass is 277 g/mol. The lowest BCUT2D eigenvalue weighted by Crippen LogP contribution is -2.60. The molecule has 1 heterocycles. The Morgan fingerprint density at radius 2 is 1.61 bits per heavy atom. The van der Waals surface area contributed by atoms with Crippen LogP contribution in [0.4, 0.5) is 0 Å². The normalized spacial score (nSPS) is 27.4. The summed E-state index contributed by atoms with van der Waals surface area (Å²) in [5, 5.41) is 11.5. The van der Waals surface area contributed by atoms with E-state index in [1.807, 2.05) is 27.7 Å². The Morgan fingerprint density at radius 1 is 1.17 bits per heavy atom. The molecule has 0 aromatic rings. The summed E-state index contributed by atoms with van der Waals surface area (Å²) in [7, 11) is 0. The second-order valence-corrected chi connectivity index (χ2v) is 6.68. The van der Waals surface area contributed by atoms with Gasteiger partial charge >= 0.3 is 5.97 Å². The molecule has 0 radical (unpaired) electrons. The van der Waals surface area contributed by atoms with Crippen molar-refractivity contribution in [3.63, 3.8) is 0 Å². The minimum absolute atomic E-state index is 0. The first kappa shape index (κ1) is 15.7. The average molecular weight is 278 g/mol. The second-order valence-electron chi connectivity index (χ2n) is 6.68. The fraction of sp³-hybridized carbons (Fsp3) is 0.923. The Bertz CT molecular complexity index is 308.